The Kier molecular flexibility index (Phi) is 6.51. The maximum atomic E-state index is 12.7. The molecule has 8 nitrogen and oxygen atoms in total. The Hall–Kier alpha value is -3.33. The van der Waals surface area contributed by atoms with Crippen LogP contribution in [-0.2, 0) is 13.0 Å². The molecule has 0 bridgehead atoms. The summed E-state index contributed by atoms with van der Waals surface area (Å²) in [5.74, 6) is 0.992. The average molecular weight is 438 g/mol. The van der Waals surface area contributed by atoms with E-state index in [1.54, 1.807) is 35.6 Å². The van der Waals surface area contributed by atoms with E-state index in [0.717, 1.165) is 24.1 Å². The zero-order valence-electron chi connectivity index (χ0n) is 17.2. The van der Waals surface area contributed by atoms with E-state index in [9.17, 15) is 9.59 Å². The minimum Gasteiger partial charge on any atom is -0.351 e. The van der Waals surface area contributed by atoms with Gasteiger partial charge < -0.3 is 9.84 Å². The van der Waals surface area contributed by atoms with Crippen LogP contribution in [-0.4, -0.2) is 32.4 Å². The predicted octanol–water partition coefficient (Wildman–Crippen LogP) is 3.67. The topological polar surface area (TPSA) is 103 Å². The van der Waals surface area contributed by atoms with Crippen molar-refractivity contribution in [2.45, 2.75) is 39.2 Å². The van der Waals surface area contributed by atoms with Gasteiger partial charge in [0.2, 0.25) is 11.7 Å². The number of unbranched alkanes of at least 4 members (excludes halogenated alkanes) is 2. The summed E-state index contributed by atoms with van der Waals surface area (Å²) in [7, 11) is 0. The Morgan fingerprint density at radius 2 is 1.97 bits per heavy atom. The van der Waals surface area contributed by atoms with E-state index in [0.29, 0.717) is 42.0 Å². The van der Waals surface area contributed by atoms with Gasteiger partial charge in [0, 0.05) is 24.9 Å². The van der Waals surface area contributed by atoms with Gasteiger partial charge >= 0.3 is 0 Å². The zero-order valence-corrected chi connectivity index (χ0v) is 18.0. The smallest absolute Gasteiger partial charge is 0.274 e. The fourth-order valence-electron chi connectivity index (χ4n) is 3.34. The van der Waals surface area contributed by atoms with Crippen LogP contribution in [0.25, 0.3) is 21.5 Å². The lowest BCUT2D eigenvalue weighted by Crippen LogP contribution is -2.30. The molecule has 3 aromatic heterocycles. The molecule has 0 atom stereocenters. The van der Waals surface area contributed by atoms with Gasteiger partial charge in [0.05, 0.1) is 10.3 Å². The third kappa shape index (κ3) is 4.72. The van der Waals surface area contributed by atoms with Gasteiger partial charge in [-0.3, -0.25) is 9.59 Å². The normalized spacial score (nSPS) is 11.1. The molecular formula is C22H23N5O3S. The first-order chi connectivity index (χ1) is 15.2. The molecule has 0 radical (unpaired) electrons. The van der Waals surface area contributed by atoms with Crippen molar-refractivity contribution in [2.24, 2.45) is 0 Å². The summed E-state index contributed by atoms with van der Waals surface area (Å²) < 4.78 is 6.63. The molecule has 0 unspecified atom stereocenters. The summed E-state index contributed by atoms with van der Waals surface area (Å²) in [6.45, 7) is 2.77. The van der Waals surface area contributed by atoms with Crippen molar-refractivity contribution in [3.05, 3.63) is 63.7 Å². The molecule has 1 aromatic carbocycles. The van der Waals surface area contributed by atoms with Crippen LogP contribution in [0.5, 0.6) is 0 Å². The van der Waals surface area contributed by atoms with Gasteiger partial charge in [0.15, 0.2) is 5.69 Å². The van der Waals surface area contributed by atoms with Gasteiger partial charge in [-0.25, -0.2) is 4.68 Å². The average Bonchev–Trinajstić information content (AvgIpc) is 3.48. The lowest BCUT2D eigenvalue weighted by atomic mass is 10.1. The molecule has 4 rings (SSSR count). The number of fused-ring (bicyclic) bond motifs is 1. The number of carbonyl (C=O) groups is 1. The number of benzene rings is 1. The van der Waals surface area contributed by atoms with E-state index in [2.05, 4.69) is 20.6 Å². The lowest BCUT2D eigenvalue weighted by Gasteiger charge is -2.10. The largest absolute Gasteiger partial charge is 0.351 e. The molecule has 0 aliphatic rings. The highest BCUT2D eigenvalue weighted by Crippen LogP contribution is 2.21. The minimum atomic E-state index is -0.268. The van der Waals surface area contributed by atoms with Crippen LogP contribution in [0.4, 0.5) is 0 Å². The number of nitrogens with zero attached hydrogens (tertiary/aromatic N) is 4. The van der Waals surface area contributed by atoms with Crippen molar-refractivity contribution in [3.8, 4) is 10.7 Å². The van der Waals surface area contributed by atoms with E-state index < -0.39 is 0 Å². The Labute approximate surface area is 182 Å². The van der Waals surface area contributed by atoms with Crippen LogP contribution in [0.1, 0.15) is 42.6 Å². The first kappa shape index (κ1) is 20.9. The number of thiophene rings is 1. The summed E-state index contributed by atoms with van der Waals surface area (Å²) in [5, 5.41) is 14.3. The van der Waals surface area contributed by atoms with Gasteiger partial charge in [0.1, 0.15) is 0 Å². The molecule has 0 fully saturated rings. The highest BCUT2D eigenvalue weighted by Gasteiger charge is 2.15. The second kappa shape index (κ2) is 9.65. The van der Waals surface area contributed by atoms with Crippen LogP contribution >= 0.6 is 11.3 Å². The van der Waals surface area contributed by atoms with Crippen molar-refractivity contribution in [1.29, 1.82) is 0 Å². The zero-order chi connectivity index (χ0) is 21.6. The number of hydrogen-bond donors (Lipinski definition) is 1. The Morgan fingerprint density at radius 3 is 2.74 bits per heavy atom. The van der Waals surface area contributed by atoms with Gasteiger partial charge in [-0.2, -0.15) is 10.1 Å². The Morgan fingerprint density at radius 1 is 1.13 bits per heavy atom. The Balaban J connectivity index is 1.27. The van der Waals surface area contributed by atoms with Crippen molar-refractivity contribution in [2.75, 3.05) is 6.54 Å². The summed E-state index contributed by atoms with van der Waals surface area (Å²) in [4.78, 5) is 30.5. The van der Waals surface area contributed by atoms with E-state index >= 15 is 0 Å². The summed E-state index contributed by atoms with van der Waals surface area (Å²) >= 11 is 1.58. The second-order valence-corrected chi connectivity index (χ2v) is 8.02. The third-order valence-corrected chi connectivity index (χ3v) is 5.81. The molecule has 0 saturated heterocycles. The molecule has 4 aromatic rings. The number of amides is 1. The quantitative estimate of drug-likeness (QED) is 0.401. The lowest BCUT2D eigenvalue weighted by molar-refractivity contribution is 0.0947. The highest BCUT2D eigenvalue weighted by molar-refractivity contribution is 7.13. The second-order valence-electron chi connectivity index (χ2n) is 7.07. The van der Waals surface area contributed by atoms with Gasteiger partial charge in [-0.1, -0.05) is 35.8 Å². The fraction of sp³-hybridized carbons (Fsp3) is 0.318. The van der Waals surface area contributed by atoms with Crippen LogP contribution in [0.3, 0.4) is 0 Å². The van der Waals surface area contributed by atoms with Gasteiger partial charge in [0.25, 0.3) is 11.5 Å². The van der Waals surface area contributed by atoms with Crippen molar-refractivity contribution >= 4 is 28.0 Å². The molecule has 0 aliphatic carbocycles. The van der Waals surface area contributed by atoms with E-state index in [-0.39, 0.29) is 17.2 Å². The summed E-state index contributed by atoms with van der Waals surface area (Å²) in [6, 6.07) is 11.0. The first-order valence-electron chi connectivity index (χ1n) is 10.3. The molecule has 9 heteroatoms. The maximum absolute atomic E-state index is 12.7. The van der Waals surface area contributed by atoms with Gasteiger partial charge in [-0.05, 0) is 37.3 Å². The molecule has 0 saturated carbocycles. The minimum absolute atomic E-state index is 0.182. The molecule has 1 N–H and O–H groups in total. The maximum Gasteiger partial charge on any atom is 0.274 e. The number of hydrogen-bond acceptors (Lipinski definition) is 7. The Bertz CT molecular complexity index is 1230. The summed E-state index contributed by atoms with van der Waals surface area (Å²) in [5.41, 5.74) is 0.0990. The summed E-state index contributed by atoms with van der Waals surface area (Å²) in [6.07, 6.45) is 3.34. The number of carbonyl (C=O) groups excluding carboxylic acids is 1. The highest BCUT2D eigenvalue weighted by atomic mass is 32.1. The molecule has 31 heavy (non-hydrogen) atoms. The molecule has 3 heterocycles. The number of aryl methyl sites for hydroxylation is 2. The molecule has 160 valence electrons. The molecule has 0 aliphatic heterocycles. The van der Waals surface area contributed by atoms with Crippen LogP contribution in [0.2, 0.25) is 0 Å². The first-order valence-corrected chi connectivity index (χ1v) is 11.2. The van der Waals surface area contributed by atoms with Crippen molar-refractivity contribution in [1.82, 2.24) is 25.2 Å². The predicted molar refractivity (Wildman–Crippen MR) is 119 cm³/mol. The molecule has 0 spiro atoms. The van der Waals surface area contributed by atoms with E-state index in [4.69, 9.17) is 4.52 Å². The number of aromatic nitrogens is 4. The van der Waals surface area contributed by atoms with Crippen molar-refractivity contribution < 1.29 is 9.32 Å². The third-order valence-electron chi connectivity index (χ3n) is 4.94. The van der Waals surface area contributed by atoms with E-state index in [1.807, 2.05) is 24.4 Å². The van der Waals surface area contributed by atoms with Crippen LogP contribution < -0.4 is 10.9 Å². The van der Waals surface area contributed by atoms with Crippen molar-refractivity contribution in [3.63, 3.8) is 0 Å². The van der Waals surface area contributed by atoms with Crippen LogP contribution in [0, 0.1) is 0 Å². The molecular weight excluding hydrogens is 414 g/mol. The van der Waals surface area contributed by atoms with E-state index in [1.165, 1.54) is 4.68 Å². The van der Waals surface area contributed by atoms with Crippen LogP contribution in [0.15, 0.2) is 51.1 Å². The number of rotatable bonds is 9. The number of nitrogens with one attached hydrogen (secondary N) is 1. The van der Waals surface area contributed by atoms with Gasteiger partial charge in [-0.15, -0.1) is 11.3 Å². The fourth-order valence-corrected chi connectivity index (χ4v) is 3.99. The standard InChI is InChI=1S/C22H23N5O3S/c1-2-27-22(29)16-10-6-5-9-15(16)19(25-27)21(28)23-13-7-3-4-12-18-24-20(26-30-18)17-11-8-14-31-17/h5-6,8-11,14H,2-4,7,12-13H2,1H3,(H,23,28). The SMILES string of the molecule is CCn1nc(C(=O)NCCCCCc2nc(-c3cccs3)no2)c2ccccc2c1=O. The monoisotopic (exact) mass is 437 g/mol. The molecule has 1 amide bonds.